The highest BCUT2D eigenvalue weighted by molar-refractivity contribution is 4.62. The summed E-state index contributed by atoms with van der Waals surface area (Å²) in [5.74, 6) is 0.849. The maximum atomic E-state index is 3.31. The fourth-order valence-corrected chi connectivity index (χ4v) is 1.09. The minimum absolute atomic E-state index is 0.738. The topological polar surface area (TPSA) is 12.0 Å². The Bertz CT molecular complexity index is 65.1. The molecule has 1 N–H and O–H groups in total. The summed E-state index contributed by atoms with van der Waals surface area (Å²) in [4.78, 5) is 0. The summed E-state index contributed by atoms with van der Waals surface area (Å²) in [5.41, 5.74) is 0. The number of nitrogens with one attached hydrogen (secondary N) is 1. The van der Waals surface area contributed by atoms with Gasteiger partial charge in [-0.25, -0.2) is 0 Å². The van der Waals surface area contributed by atoms with Gasteiger partial charge in [-0.1, -0.05) is 20.8 Å². The van der Waals surface area contributed by atoms with Gasteiger partial charge in [0.2, 0.25) is 0 Å². The Morgan fingerprint density at radius 3 is 2.10 bits per heavy atom. The quantitative estimate of drug-likeness (QED) is 0.623. The maximum absolute atomic E-state index is 3.31. The normalized spacial score (nSPS) is 14.1. The van der Waals surface area contributed by atoms with Crippen molar-refractivity contribution in [1.82, 2.24) is 5.32 Å². The molecule has 0 aliphatic rings. The summed E-state index contributed by atoms with van der Waals surface area (Å²) in [5, 5.41) is 3.31. The SMILES string of the molecule is CCC(CCC(C)C)NC. The largest absolute Gasteiger partial charge is 0.317 e. The van der Waals surface area contributed by atoms with Crippen molar-refractivity contribution in [2.24, 2.45) is 5.92 Å². The fourth-order valence-electron chi connectivity index (χ4n) is 1.09. The van der Waals surface area contributed by atoms with E-state index in [1.165, 1.54) is 19.3 Å². The predicted octanol–water partition coefficient (Wildman–Crippen LogP) is 2.42. The summed E-state index contributed by atoms with van der Waals surface area (Å²) >= 11 is 0. The monoisotopic (exact) mass is 143 g/mol. The molecule has 1 atom stereocenters. The summed E-state index contributed by atoms with van der Waals surface area (Å²) in [6, 6.07) is 0.738. The molecule has 62 valence electrons. The zero-order valence-electron chi connectivity index (χ0n) is 7.78. The zero-order valence-corrected chi connectivity index (χ0v) is 7.78. The van der Waals surface area contributed by atoms with E-state index in [1.54, 1.807) is 0 Å². The van der Waals surface area contributed by atoms with E-state index >= 15 is 0 Å². The molecule has 0 aliphatic carbocycles. The van der Waals surface area contributed by atoms with Crippen molar-refractivity contribution in [1.29, 1.82) is 0 Å². The van der Waals surface area contributed by atoms with Crippen LogP contribution in [0.4, 0.5) is 0 Å². The molecule has 0 aromatic rings. The molecular weight excluding hydrogens is 122 g/mol. The van der Waals surface area contributed by atoms with Gasteiger partial charge in [0.25, 0.3) is 0 Å². The van der Waals surface area contributed by atoms with Crippen molar-refractivity contribution in [3.8, 4) is 0 Å². The molecule has 0 aliphatic heterocycles. The van der Waals surface area contributed by atoms with Crippen LogP contribution in [0.15, 0.2) is 0 Å². The lowest BCUT2D eigenvalue weighted by molar-refractivity contribution is 0.444. The number of hydrogen-bond acceptors (Lipinski definition) is 1. The zero-order chi connectivity index (χ0) is 7.98. The molecule has 0 rings (SSSR count). The van der Waals surface area contributed by atoms with Gasteiger partial charge < -0.3 is 5.32 Å². The predicted molar refractivity (Wildman–Crippen MR) is 47.2 cm³/mol. The number of hydrogen-bond donors (Lipinski definition) is 1. The Balaban J connectivity index is 3.26. The molecule has 0 radical (unpaired) electrons. The highest BCUT2D eigenvalue weighted by Crippen LogP contribution is 2.08. The van der Waals surface area contributed by atoms with E-state index in [9.17, 15) is 0 Å². The Kier molecular flexibility index (Phi) is 5.70. The minimum atomic E-state index is 0.738. The second kappa shape index (κ2) is 5.72. The molecule has 0 aromatic carbocycles. The third-order valence-electron chi connectivity index (χ3n) is 1.99. The Morgan fingerprint density at radius 1 is 1.20 bits per heavy atom. The van der Waals surface area contributed by atoms with Crippen molar-refractivity contribution in [3.63, 3.8) is 0 Å². The molecule has 0 spiro atoms. The van der Waals surface area contributed by atoms with Crippen molar-refractivity contribution in [2.45, 2.75) is 46.1 Å². The lowest BCUT2D eigenvalue weighted by atomic mass is 10.0. The molecule has 0 heterocycles. The van der Waals surface area contributed by atoms with Crippen LogP contribution in [-0.4, -0.2) is 13.1 Å². The van der Waals surface area contributed by atoms with Crippen LogP contribution in [0.1, 0.15) is 40.0 Å². The summed E-state index contributed by atoms with van der Waals surface area (Å²) in [6.07, 6.45) is 3.92. The molecule has 1 unspecified atom stereocenters. The fraction of sp³-hybridized carbons (Fsp3) is 1.00. The number of rotatable bonds is 5. The molecule has 0 saturated carbocycles. The second-order valence-corrected chi connectivity index (χ2v) is 3.37. The van der Waals surface area contributed by atoms with Gasteiger partial charge >= 0.3 is 0 Å². The third-order valence-corrected chi connectivity index (χ3v) is 1.99. The smallest absolute Gasteiger partial charge is 0.00615 e. The lowest BCUT2D eigenvalue weighted by Crippen LogP contribution is -2.24. The van der Waals surface area contributed by atoms with E-state index in [0.29, 0.717) is 0 Å². The molecule has 1 nitrogen and oxygen atoms in total. The first-order valence-electron chi connectivity index (χ1n) is 4.38. The van der Waals surface area contributed by atoms with E-state index in [0.717, 1.165) is 12.0 Å². The first-order chi connectivity index (χ1) is 4.70. The van der Waals surface area contributed by atoms with E-state index in [4.69, 9.17) is 0 Å². The molecule has 0 bridgehead atoms. The molecular formula is C9H21N. The Hall–Kier alpha value is -0.0400. The van der Waals surface area contributed by atoms with Crippen LogP contribution in [0.5, 0.6) is 0 Å². The standard InChI is InChI=1S/C9H21N/c1-5-9(10-4)7-6-8(2)3/h8-10H,5-7H2,1-4H3. The van der Waals surface area contributed by atoms with E-state index < -0.39 is 0 Å². The highest BCUT2D eigenvalue weighted by Gasteiger charge is 2.02. The molecule has 0 fully saturated rings. The molecule has 1 heteroatoms. The van der Waals surface area contributed by atoms with Crippen LogP contribution in [-0.2, 0) is 0 Å². The van der Waals surface area contributed by atoms with Gasteiger partial charge in [0.1, 0.15) is 0 Å². The van der Waals surface area contributed by atoms with Crippen LogP contribution in [0.25, 0.3) is 0 Å². The summed E-state index contributed by atoms with van der Waals surface area (Å²) < 4.78 is 0. The van der Waals surface area contributed by atoms with Gasteiger partial charge in [-0.15, -0.1) is 0 Å². The molecule has 0 amide bonds. The van der Waals surface area contributed by atoms with Gasteiger partial charge in [0, 0.05) is 6.04 Å². The van der Waals surface area contributed by atoms with Gasteiger partial charge in [0.05, 0.1) is 0 Å². The average Bonchev–Trinajstić information content (AvgIpc) is 1.90. The van der Waals surface area contributed by atoms with E-state index in [-0.39, 0.29) is 0 Å². The lowest BCUT2D eigenvalue weighted by Gasteiger charge is -2.14. The molecule has 0 aromatic heterocycles. The summed E-state index contributed by atoms with van der Waals surface area (Å²) in [6.45, 7) is 6.80. The van der Waals surface area contributed by atoms with Gasteiger partial charge in [-0.2, -0.15) is 0 Å². The first kappa shape index (κ1) is 9.96. The maximum Gasteiger partial charge on any atom is 0.00615 e. The van der Waals surface area contributed by atoms with Crippen LogP contribution < -0.4 is 5.32 Å². The van der Waals surface area contributed by atoms with Crippen molar-refractivity contribution in [2.75, 3.05) is 7.05 Å². The van der Waals surface area contributed by atoms with Crippen LogP contribution in [0.3, 0.4) is 0 Å². The Morgan fingerprint density at radius 2 is 1.80 bits per heavy atom. The van der Waals surface area contributed by atoms with Crippen molar-refractivity contribution >= 4 is 0 Å². The van der Waals surface area contributed by atoms with Crippen molar-refractivity contribution in [3.05, 3.63) is 0 Å². The first-order valence-corrected chi connectivity index (χ1v) is 4.38. The second-order valence-electron chi connectivity index (χ2n) is 3.37. The van der Waals surface area contributed by atoms with Crippen LogP contribution in [0.2, 0.25) is 0 Å². The highest BCUT2D eigenvalue weighted by atomic mass is 14.9. The van der Waals surface area contributed by atoms with Gasteiger partial charge in [-0.3, -0.25) is 0 Å². The van der Waals surface area contributed by atoms with Crippen LogP contribution in [0, 0.1) is 5.92 Å². The van der Waals surface area contributed by atoms with E-state index in [2.05, 4.69) is 33.1 Å². The van der Waals surface area contributed by atoms with Gasteiger partial charge in [-0.05, 0) is 32.2 Å². The molecule has 0 saturated heterocycles. The van der Waals surface area contributed by atoms with E-state index in [1.807, 2.05) is 0 Å². The van der Waals surface area contributed by atoms with Crippen LogP contribution >= 0.6 is 0 Å². The minimum Gasteiger partial charge on any atom is -0.317 e. The average molecular weight is 143 g/mol. The van der Waals surface area contributed by atoms with Crippen molar-refractivity contribution < 1.29 is 0 Å². The molecule has 10 heavy (non-hydrogen) atoms. The third kappa shape index (κ3) is 4.80. The summed E-state index contributed by atoms with van der Waals surface area (Å²) in [7, 11) is 2.05. The van der Waals surface area contributed by atoms with Gasteiger partial charge in [0.15, 0.2) is 0 Å². The Labute approximate surface area is 65.2 Å².